The van der Waals surface area contributed by atoms with Crippen LogP contribution in [-0.2, 0) is 28.9 Å². The number of nitriles is 1. The number of amidine groups is 1. The third-order valence-electron chi connectivity index (χ3n) is 13.8. The summed E-state index contributed by atoms with van der Waals surface area (Å²) in [6.45, 7) is 5.15. The first-order chi connectivity index (χ1) is 32.8. The number of likely N-dealkylation sites (tertiary alicyclic amines) is 1. The van der Waals surface area contributed by atoms with Crippen molar-refractivity contribution in [2.45, 2.75) is 121 Å². The lowest BCUT2D eigenvalue weighted by Gasteiger charge is -2.42. The number of rotatable bonds is 9. The lowest BCUT2D eigenvalue weighted by Crippen LogP contribution is -2.55. The Bertz CT molecular complexity index is 2400. The number of carbonyl (C=O) groups excluding carboxylic acids is 1. The maximum atomic E-state index is 14.6. The van der Waals surface area contributed by atoms with Crippen molar-refractivity contribution in [1.82, 2.24) is 35.3 Å². The molecule has 0 unspecified atom stereocenters. The lowest BCUT2D eigenvalue weighted by molar-refractivity contribution is -0.129. The number of alkyl halides is 2. The van der Waals surface area contributed by atoms with E-state index in [1.165, 1.54) is 56.4 Å². The number of hydrazine groups is 1. The van der Waals surface area contributed by atoms with E-state index in [0.717, 1.165) is 84.7 Å². The number of fused-ring (bicyclic) bond motifs is 2. The van der Waals surface area contributed by atoms with Gasteiger partial charge >= 0.3 is 0 Å². The number of amides is 1. The Hall–Kier alpha value is -5.67. The second-order valence-corrected chi connectivity index (χ2v) is 18.9. The van der Waals surface area contributed by atoms with E-state index >= 15 is 0 Å². The predicted octanol–water partition coefficient (Wildman–Crippen LogP) is 8.13. The molecule has 7 N–H and O–H groups in total. The molecule has 5 heterocycles. The molecule has 0 spiro atoms. The summed E-state index contributed by atoms with van der Waals surface area (Å²) in [5, 5.41) is 45.0. The molecule has 4 aliphatic heterocycles. The topological polar surface area (TPSA) is 195 Å². The zero-order chi connectivity index (χ0) is 48.5. The molecule has 18 heteroatoms. The van der Waals surface area contributed by atoms with Crippen LogP contribution in [0.5, 0.6) is 5.75 Å². The molecule has 1 saturated heterocycles. The van der Waals surface area contributed by atoms with Gasteiger partial charge in [-0.05, 0) is 118 Å². The highest BCUT2D eigenvalue weighted by Gasteiger charge is 2.37. The van der Waals surface area contributed by atoms with Crippen molar-refractivity contribution in [2.24, 2.45) is 5.73 Å². The number of aliphatic hydroxyl groups excluding tert-OH is 1. The molecule has 0 radical (unpaired) electrons. The van der Waals surface area contributed by atoms with Crippen LogP contribution >= 0.6 is 11.6 Å². The van der Waals surface area contributed by atoms with Crippen LogP contribution < -0.4 is 21.4 Å². The van der Waals surface area contributed by atoms with E-state index in [-0.39, 0.29) is 46.2 Å². The largest absolute Gasteiger partial charge is 0.513 e. The summed E-state index contributed by atoms with van der Waals surface area (Å²) in [6, 6.07) is 10.8. The number of hydrogen-bond acceptors (Lipinski definition) is 12. The first kappa shape index (κ1) is 50.2. The average Bonchev–Trinajstić information content (AvgIpc) is 3.95. The number of phenolic OH excluding ortho intramolecular Hbond substituents is 1. The number of ether oxygens (including phenoxy) is 1. The quantitative estimate of drug-likeness (QED) is 0.0523. The summed E-state index contributed by atoms with van der Waals surface area (Å²) >= 11 is 5.55. The second-order valence-electron chi connectivity index (χ2n) is 18.4. The van der Waals surface area contributed by atoms with Crippen molar-refractivity contribution in [3.8, 4) is 11.8 Å². The van der Waals surface area contributed by atoms with Crippen LogP contribution in [0.4, 0.5) is 20.3 Å². The number of nitrogens with zero attached hydrogens (tertiary/aromatic N) is 7. The Kier molecular flexibility index (Phi) is 17.0. The van der Waals surface area contributed by atoms with Crippen molar-refractivity contribution in [3.05, 3.63) is 99.2 Å². The van der Waals surface area contributed by atoms with E-state index in [1.807, 2.05) is 35.2 Å². The van der Waals surface area contributed by atoms with Crippen LogP contribution in [0, 0.1) is 16.7 Å². The van der Waals surface area contributed by atoms with Crippen molar-refractivity contribution < 1.29 is 28.5 Å². The van der Waals surface area contributed by atoms with Crippen LogP contribution in [0.3, 0.4) is 0 Å². The molecule has 68 heavy (non-hydrogen) atoms. The van der Waals surface area contributed by atoms with Crippen molar-refractivity contribution >= 4 is 40.4 Å². The van der Waals surface area contributed by atoms with Gasteiger partial charge in [-0.3, -0.25) is 14.9 Å². The first-order valence-electron chi connectivity index (χ1n) is 23.8. The van der Waals surface area contributed by atoms with Gasteiger partial charge in [0.25, 0.3) is 6.43 Å². The van der Waals surface area contributed by atoms with Crippen LogP contribution in [0.1, 0.15) is 117 Å². The van der Waals surface area contributed by atoms with Gasteiger partial charge in [0, 0.05) is 87.9 Å². The maximum absolute atomic E-state index is 14.6. The minimum atomic E-state index is -2.62. The number of carbonyl (C=O) groups is 1. The van der Waals surface area contributed by atoms with Gasteiger partial charge in [0.1, 0.15) is 23.9 Å². The van der Waals surface area contributed by atoms with Gasteiger partial charge in [-0.25, -0.2) is 14.2 Å². The number of nitrogens with two attached hydrogens (primary N) is 1. The van der Waals surface area contributed by atoms with E-state index in [2.05, 4.69) is 27.4 Å². The van der Waals surface area contributed by atoms with E-state index in [4.69, 9.17) is 48.1 Å². The summed E-state index contributed by atoms with van der Waals surface area (Å²) in [4.78, 5) is 18.4. The highest BCUT2D eigenvalue weighted by atomic mass is 35.5. The molecular formula is C50H66ClF2N11O4. The monoisotopic (exact) mass is 957 g/mol. The van der Waals surface area contributed by atoms with Gasteiger partial charge in [0.15, 0.2) is 5.82 Å². The summed E-state index contributed by atoms with van der Waals surface area (Å²) < 4.78 is 37.8. The number of nitrogens with one attached hydrogen (secondary N) is 3. The minimum absolute atomic E-state index is 0.0194. The highest BCUT2D eigenvalue weighted by molar-refractivity contribution is 6.31. The number of phenols is 1. The molecule has 0 bridgehead atoms. The first-order valence-corrected chi connectivity index (χ1v) is 24.2. The molecule has 366 valence electrons. The number of aromatic hydroxyl groups is 1. The van der Waals surface area contributed by atoms with Gasteiger partial charge in [-0.2, -0.15) is 10.4 Å². The fraction of sp³-hybridized carbons (Fsp3) is 0.520. The number of anilines is 2. The molecule has 6 aliphatic rings. The van der Waals surface area contributed by atoms with Crippen molar-refractivity contribution in [2.75, 3.05) is 51.7 Å². The normalized spacial score (nSPS) is 21.0. The van der Waals surface area contributed by atoms with E-state index in [0.29, 0.717) is 62.7 Å². The zero-order valence-corrected chi connectivity index (χ0v) is 40.1. The second kappa shape index (κ2) is 23.1. The summed E-state index contributed by atoms with van der Waals surface area (Å²) in [5.41, 5.74) is 14.8. The van der Waals surface area contributed by atoms with Gasteiger partial charge in [-0.15, -0.1) is 0 Å². The Morgan fingerprint density at radius 2 is 1.79 bits per heavy atom. The minimum Gasteiger partial charge on any atom is -0.513 e. The molecule has 1 aromatic heterocycles. The third-order valence-corrected chi connectivity index (χ3v) is 14.1. The lowest BCUT2D eigenvalue weighted by atomic mass is 9.91. The number of aryl methyl sites for hydroxylation is 1. The number of benzene rings is 2. The van der Waals surface area contributed by atoms with E-state index in [9.17, 15) is 13.6 Å². The SMILES string of the molecule is CC(=O)N1CCc2c(c(N3CCCc4cc(C5=CN(C)NC5)c(C(F)F)cc43)nn2C2CCC(OC3CN(C(=N)/C=C\C(N)=C/O)C3)CC2)C1.CNC1CCCCC1.N#Cc1ccc(O)cc1Cl. The molecule has 15 nitrogen and oxygen atoms in total. The Balaban J connectivity index is 0.000000316. The van der Waals surface area contributed by atoms with Crippen molar-refractivity contribution in [3.63, 3.8) is 0 Å². The molecule has 2 aliphatic carbocycles. The van der Waals surface area contributed by atoms with Crippen LogP contribution in [-0.4, -0.2) is 112 Å². The Morgan fingerprint density at radius 1 is 1.04 bits per heavy atom. The molecule has 1 amide bonds. The fourth-order valence-electron chi connectivity index (χ4n) is 9.97. The van der Waals surface area contributed by atoms with Crippen LogP contribution in [0.25, 0.3) is 5.57 Å². The molecule has 3 fully saturated rings. The van der Waals surface area contributed by atoms with Gasteiger partial charge in [-0.1, -0.05) is 30.9 Å². The average molecular weight is 959 g/mol. The summed E-state index contributed by atoms with van der Waals surface area (Å²) in [6.07, 6.45) is 16.5. The van der Waals surface area contributed by atoms with E-state index < -0.39 is 6.43 Å². The van der Waals surface area contributed by atoms with E-state index in [1.54, 1.807) is 24.1 Å². The van der Waals surface area contributed by atoms with Gasteiger partial charge in [0.2, 0.25) is 5.91 Å². The third kappa shape index (κ3) is 12.1. The van der Waals surface area contributed by atoms with Gasteiger partial charge < -0.3 is 45.7 Å². The number of halogens is 3. The highest BCUT2D eigenvalue weighted by Crippen LogP contribution is 2.44. The molecule has 2 saturated carbocycles. The fourth-order valence-corrected chi connectivity index (χ4v) is 10.2. The van der Waals surface area contributed by atoms with Gasteiger partial charge in [0.05, 0.1) is 41.1 Å². The molecule has 2 aromatic carbocycles. The number of hydrogen-bond donors (Lipinski definition) is 6. The standard InChI is InChI=1S/C36H47F2N9O3.C7H4ClNO.C7H15N/c1-22(49)44-13-11-32-31(20-44)36(46-12-3-4-23-14-29(24-16-41-43(2)17-24)30(35(37)38)15-33(23)46)42-47(32)26-6-8-27(9-7-26)50-28-18-45(19-28)34(40)10-5-25(39)21-48;8-7-3-6(10)2-1-5(7)4-9;1-8-7-5-3-2-4-6-7/h5,10,14-15,17,21,26-28,35,40-41,48H,3-4,6-9,11-13,16,18-20,39H2,1-2H3;1-3,10H;7-8H,2-6H2,1H3/b10-5-,25-21+,40-34?;;. The maximum Gasteiger partial charge on any atom is 0.264 e. The van der Waals surface area contributed by atoms with Crippen molar-refractivity contribution in [1.29, 1.82) is 10.7 Å². The van der Waals surface area contributed by atoms with Crippen LogP contribution in [0.2, 0.25) is 5.02 Å². The van der Waals surface area contributed by atoms with Crippen LogP contribution in [0.15, 0.2) is 60.6 Å². The number of aromatic nitrogens is 2. The Morgan fingerprint density at radius 3 is 2.41 bits per heavy atom. The summed E-state index contributed by atoms with van der Waals surface area (Å²) in [7, 11) is 3.93. The predicted molar refractivity (Wildman–Crippen MR) is 261 cm³/mol. The summed E-state index contributed by atoms with van der Waals surface area (Å²) in [5.74, 6) is 1.21. The number of allylic oxidation sites excluding steroid dienone is 1. The molecule has 9 rings (SSSR count). The molecule has 3 aromatic rings. The number of aliphatic hydroxyl groups is 1. The Labute approximate surface area is 403 Å². The zero-order valence-electron chi connectivity index (χ0n) is 39.4. The smallest absolute Gasteiger partial charge is 0.264 e. The molecular weight excluding hydrogens is 892 g/mol. The molecule has 0 atom stereocenters.